The fourth-order valence-corrected chi connectivity index (χ4v) is 3.07. The summed E-state index contributed by atoms with van der Waals surface area (Å²) in [5.74, 6) is 1.03. The van der Waals surface area contributed by atoms with Crippen LogP contribution in [0.15, 0.2) is 23.4 Å². The first kappa shape index (κ1) is 16.5. The number of nitrogens with one attached hydrogen (secondary N) is 1. The van der Waals surface area contributed by atoms with Crippen molar-refractivity contribution in [2.45, 2.75) is 18.5 Å². The van der Waals surface area contributed by atoms with Crippen LogP contribution in [0, 0.1) is 0 Å². The van der Waals surface area contributed by atoms with Crippen molar-refractivity contribution in [1.29, 1.82) is 0 Å². The number of carbonyl (C=O) groups is 1. The van der Waals surface area contributed by atoms with E-state index in [2.05, 4.69) is 20.5 Å². The minimum Gasteiger partial charge on any atom is -0.497 e. The molecule has 3 aromatic rings. The Labute approximate surface area is 143 Å². The Hall–Kier alpha value is -2.35. The standard InChI is InChI=1S/C16H19N5O2S/c1-4-7-17-13(22)9-24-16-18-15-14(19-20-16)11-8-10(23-3)5-6-12(11)21(15)2/h5-6,8H,4,7,9H2,1-3H3,(H,17,22). The van der Waals surface area contributed by atoms with Gasteiger partial charge in [-0.2, -0.15) is 0 Å². The van der Waals surface area contributed by atoms with Crippen LogP contribution in [-0.4, -0.2) is 45.1 Å². The van der Waals surface area contributed by atoms with Gasteiger partial charge in [0.15, 0.2) is 5.65 Å². The molecule has 1 N–H and O–H groups in total. The van der Waals surface area contributed by atoms with E-state index in [9.17, 15) is 4.79 Å². The molecule has 1 amide bonds. The summed E-state index contributed by atoms with van der Waals surface area (Å²) in [5, 5.41) is 12.7. The van der Waals surface area contributed by atoms with Gasteiger partial charge in [0, 0.05) is 19.0 Å². The van der Waals surface area contributed by atoms with Crippen molar-refractivity contribution in [3.63, 3.8) is 0 Å². The molecule has 0 spiro atoms. The zero-order valence-corrected chi connectivity index (χ0v) is 14.7. The Morgan fingerprint density at radius 3 is 2.96 bits per heavy atom. The first-order valence-corrected chi connectivity index (χ1v) is 8.69. The van der Waals surface area contributed by atoms with Crippen LogP contribution in [0.1, 0.15) is 13.3 Å². The molecule has 0 aliphatic heterocycles. The van der Waals surface area contributed by atoms with E-state index in [4.69, 9.17) is 4.74 Å². The molecule has 0 unspecified atom stereocenters. The maximum Gasteiger partial charge on any atom is 0.230 e. The van der Waals surface area contributed by atoms with Gasteiger partial charge in [0.1, 0.15) is 11.3 Å². The fraction of sp³-hybridized carbons (Fsp3) is 0.375. The number of carbonyl (C=O) groups excluding carboxylic acids is 1. The Bertz CT molecular complexity index is 893. The number of methoxy groups -OCH3 is 1. The van der Waals surface area contributed by atoms with Crippen molar-refractivity contribution >= 4 is 39.7 Å². The molecule has 0 aliphatic rings. The van der Waals surface area contributed by atoms with Gasteiger partial charge in [0.2, 0.25) is 11.1 Å². The molecule has 0 aliphatic carbocycles. The average molecular weight is 345 g/mol. The van der Waals surface area contributed by atoms with Crippen LogP contribution in [0.4, 0.5) is 0 Å². The fourth-order valence-electron chi connectivity index (χ4n) is 2.46. The average Bonchev–Trinajstić information content (AvgIpc) is 2.89. The first-order valence-electron chi connectivity index (χ1n) is 7.70. The molecule has 0 radical (unpaired) electrons. The Kier molecular flexibility index (Phi) is 4.84. The number of fused-ring (bicyclic) bond motifs is 3. The summed E-state index contributed by atoms with van der Waals surface area (Å²) < 4.78 is 7.25. The molecule has 2 aromatic heterocycles. The summed E-state index contributed by atoms with van der Waals surface area (Å²) in [6.07, 6.45) is 0.916. The SMILES string of the molecule is CCCNC(=O)CSc1nnc2c3cc(OC)ccc3n(C)c2n1. The summed E-state index contributed by atoms with van der Waals surface area (Å²) in [5.41, 5.74) is 2.48. The molecular formula is C16H19N5O2S. The number of hydrogen-bond acceptors (Lipinski definition) is 6. The lowest BCUT2D eigenvalue weighted by atomic mass is 10.2. The molecule has 1 aromatic carbocycles. The van der Waals surface area contributed by atoms with Crippen LogP contribution in [0.3, 0.4) is 0 Å². The topological polar surface area (TPSA) is 81.9 Å². The number of ether oxygens (including phenoxy) is 1. The summed E-state index contributed by atoms with van der Waals surface area (Å²) >= 11 is 1.29. The minimum absolute atomic E-state index is 0.0210. The van der Waals surface area contributed by atoms with Gasteiger partial charge in [0.25, 0.3) is 0 Å². The number of amides is 1. The third-order valence-electron chi connectivity index (χ3n) is 3.69. The van der Waals surface area contributed by atoms with Crippen LogP contribution < -0.4 is 10.1 Å². The zero-order valence-electron chi connectivity index (χ0n) is 13.9. The second-order valence-corrected chi connectivity index (χ2v) is 6.29. The van der Waals surface area contributed by atoms with Gasteiger partial charge >= 0.3 is 0 Å². The lowest BCUT2D eigenvalue weighted by Crippen LogP contribution is -2.25. The normalized spacial score (nSPS) is 11.1. The van der Waals surface area contributed by atoms with Gasteiger partial charge in [-0.1, -0.05) is 18.7 Å². The predicted molar refractivity (Wildman–Crippen MR) is 94.4 cm³/mol. The largest absolute Gasteiger partial charge is 0.497 e. The van der Waals surface area contributed by atoms with Gasteiger partial charge in [0.05, 0.1) is 18.4 Å². The van der Waals surface area contributed by atoms with Crippen LogP contribution in [0.2, 0.25) is 0 Å². The highest BCUT2D eigenvalue weighted by Gasteiger charge is 2.14. The number of thioether (sulfide) groups is 1. The van der Waals surface area contributed by atoms with Gasteiger partial charge in [-0.15, -0.1) is 10.2 Å². The van der Waals surface area contributed by atoms with Crippen molar-refractivity contribution in [2.75, 3.05) is 19.4 Å². The van der Waals surface area contributed by atoms with Gasteiger partial charge in [-0.3, -0.25) is 4.79 Å². The quantitative estimate of drug-likeness (QED) is 0.689. The van der Waals surface area contributed by atoms with Crippen LogP contribution >= 0.6 is 11.8 Å². The molecule has 0 saturated heterocycles. The molecule has 2 heterocycles. The van der Waals surface area contributed by atoms with E-state index < -0.39 is 0 Å². The molecule has 3 rings (SSSR count). The van der Waals surface area contributed by atoms with Gasteiger partial charge in [-0.05, 0) is 24.6 Å². The predicted octanol–water partition coefficient (Wildman–Crippen LogP) is 2.14. The molecule has 0 fully saturated rings. The van der Waals surface area contributed by atoms with E-state index in [1.165, 1.54) is 11.8 Å². The summed E-state index contributed by atoms with van der Waals surface area (Å²) in [7, 11) is 3.57. The summed E-state index contributed by atoms with van der Waals surface area (Å²) in [6, 6.07) is 5.81. The van der Waals surface area contributed by atoms with Crippen molar-refractivity contribution in [1.82, 2.24) is 25.1 Å². The molecule has 0 saturated carbocycles. The van der Waals surface area contributed by atoms with Crippen molar-refractivity contribution in [2.24, 2.45) is 7.05 Å². The Morgan fingerprint density at radius 2 is 2.21 bits per heavy atom. The number of benzene rings is 1. The maximum absolute atomic E-state index is 11.7. The van der Waals surface area contributed by atoms with Crippen LogP contribution in [0.25, 0.3) is 22.1 Å². The van der Waals surface area contributed by atoms with Gasteiger partial charge < -0.3 is 14.6 Å². The first-order chi connectivity index (χ1) is 11.6. The lowest BCUT2D eigenvalue weighted by Gasteiger charge is -2.02. The molecule has 0 atom stereocenters. The highest BCUT2D eigenvalue weighted by molar-refractivity contribution is 7.99. The number of rotatable bonds is 6. The highest BCUT2D eigenvalue weighted by Crippen LogP contribution is 2.29. The monoisotopic (exact) mass is 345 g/mol. The Morgan fingerprint density at radius 1 is 1.38 bits per heavy atom. The van der Waals surface area contributed by atoms with E-state index in [-0.39, 0.29) is 11.7 Å². The van der Waals surface area contributed by atoms with Crippen molar-refractivity contribution in [3.8, 4) is 5.75 Å². The van der Waals surface area contributed by atoms with E-state index in [1.54, 1.807) is 7.11 Å². The van der Waals surface area contributed by atoms with Gasteiger partial charge in [-0.25, -0.2) is 4.98 Å². The Balaban J connectivity index is 1.89. The third-order valence-corrected chi connectivity index (χ3v) is 4.53. The smallest absolute Gasteiger partial charge is 0.230 e. The number of hydrogen-bond donors (Lipinski definition) is 1. The lowest BCUT2D eigenvalue weighted by molar-refractivity contribution is -0.118. The zero-order chi connectivity index (χ0) is 17.1. The summed E-state index contributed by atoms with van der Waals surface area (Å²) in [6.45, 7) is 2.70. The van der Waals surface area contributed by atoms with E-state index >= 15 is 0 Å². The number of aryl methyl sites for hydroxylation is 1. The third kappa shape index (κ3) is 3.14. The van der Waals surface area contributed by atoms with Crippen LogP contribution in [0.5, 0.6) is 5.75 Å². The second-order valence-electron chi connectivity index (χ2n) is 5.35. The molecular weight excluding hydrogens is 326 g/mol. The molecule has 0 bridgehead atoms. The van der Waals surface area contributed by atoms with Crippen molar-refractivity contribution in [3.05, 3.63) is 18.2 Å². The molecule has 7 nitrogen and oxygen atoms in total. The van der Waals surface area contributed by atoms with E-state index in [0.29, 0.717) is 11.7 Å². The minimum atomic E-state index is -0.0210. The van der Waals surface area contributed by atoms with E-state index in [1.807, 2.05) is 36.7 Å². The number of aromatic nitrogens is 4. The molecule has 8 heteroatoms. The maximum atomic E-state index is 11.7. The second kappa shape index (κ2) is 7.04. The van der Waals surface area contributed by atoms with E-state index in [0.717, 1.165) is 34.2 Å². The number of nitrogens with zero attached hydrogens (tertiary/aromatic N) is 4. The summed E-state index contributed by atoms with van der Waals surface area (Å²) in [4.78, 5) is 16.2. The van der Waals surface area contributed by atoms with Crippen LogP contribution in [-0.2, 0) is 11.8 Å². The molecule has 126 valence electrons. The highest BCUT2D eigenvalue weighted by atomic mass is 32.2. The van der Waals surface area contributed by atoms with Crippen molar-refractivity contribution < 1.29 is 9.53 Å². The molecule has 24 heavy (non-hydrogen) atoms.